The third-order valence-electron chi connectivity index (χ3n) is 3.54. The molecule has 2 rings (SSSR count). The molecule has 0 radical (unpaired) electrons. The maximum atomic E-state index is 14.0. The van der Waals surface area contributed by atoms with Gasteiger partial charge >= 0.3 is 0 Å². The highest BCUT2D eigenvalue weighted by molar-refractivity contribution is 7.89. The van der Waals surface area contributed by atoms with Crippen molar-refractivity contribution in [2.24, 2.45) is 0 Å². The smallest absolute Gasteiger partial charge is 0.246 e. The minimum absolute atomic E-state index is 0.140. The highest BCUT2D eigenvalue weighted by Gasteiger charge is 2.32. The molecule has 0 saturated carbocycles. The Balaban J connectivity index is 2.25. The number of piperidine rings is 1. The van der Waals surface area contributed by atoms with Gasteiger partial charge in [-0.2, -0.15) is 4.31 Å². The third-order valence-corrected chi connectivity index (χ3v) is 5.44. The summed E-state index contributed by atoms with van der Waals surface area (Å²) in [4.78, 5) is -0.350. The average Bonchev–Trinajstić information content (AvgIpc) is 2.47. The van der Waals surface area contributed by atoms with Crippen molar-refractivity contribution >= 4 is 10.0 Å². The fraction of sp³-hybridized carbons (Fsp3) is 0.571. The van der Waals surface area contributed by atoms with Crippen molar-refractivity contribution in [3.8, 4) is 0 Å². The van der Waals surface area contributed by atoms with Gasteiger partial charge < -0.3 is 9.84 Å². The summed E-state index contributed by atoms with van der Waals surface area (Å²) >= 11 is 0. The third kappa shape index (κ3) is 3.60. The second-order valence-corrected chi connectivity index (χ2v) is 6.91. The van der Waals surface area contributed by atoms with Gasteiger partial charge in [-0.15, -0.1) is 0 Å². The first kappa shape index (κ1) is 16.4. The normalized spacial score (nSPS) is 20.6. The quantitative estimate of drug-likeness (QED) is 0.894. The zero-order valence-electron chi connectivity index (χ0n) is 12.0. The number of ether oxygens (including phenoxy) is 1. The fourth-order valence-electron chi connectivity index (χ4n) is 2.49. The van der Waals surface area contributed by atoms with E-state index in [1.807, 2.05) is 6.92 Å². The van der Waals surface area contributed by atoms with Gasteiger partial charge in [0, 0.05) is 19.7 Å². The predicted octanol–water partition coefficient (Wildman–Crippen LogP) is 1.51. The Morgan fingerprint density at radius 1 is 1.48 bits per heavy atom. The summed E-state index contributed by atoms with van der Waals surface area (Å²) in [7, 11) is -3.87. The molecule has 5 nitrogen and oxygen atoms in total. The van der Waals surface area contributed by atoms with Gasteiger partial charge in [-0.1, -0.05) is 6.07 Å². The van der Waals surface area contributed by atoms with E-state index in [0.717, 1.165) is 12.5 Å². The molecule has 0 spiro atoms. The van der Waals surface area contributed by atoms with E-state index < -0.39 is 15.8 Å². The van der Waals surface area contributed by atoms with E-state index in [1.165, 1.54) is 16.4 Å². The van der Waals surface area contributed by atoms with E-state index >= 15 is 0 Å². The maximum Gasteiger partial charge on any atom is 0.246 e. The first-order valence-corrected chi connectivity index (χ1v) is 8.44. The van der Waals surface area contributed by atoms with Crippen molar-refractivity contribution in [1.82, 2.24) is 4.31 Å². The summed E-state index contributed by atoms with van der Waals surface area (Å²) in [6, 6.07) is 3.68. The van der Waals surface area contributed by atoms with Gasteiger partial charge in [-0.25, -0.2) is 12.8 Å². The van der Waals surface area contributed by atoms with Crippen molar-refractivity contribution in [3.63, 3.8) is 0 Å². The van der Waals surface area contributed by atoms with E-state index in [4.69, 9.17) is 9.84 Å². The van der Waals surface area contributed by atoms with Crippen LogP contribution in [0.4, 0.5) is 4.39 Å². The number of hydrogen-bond acceptors (Lipinski definition) is 4. The van der Waals surface area contributed by atoms with Gasteiger partial charge in [-0.05, 0) is 37.5 Å². The summed E-state index contributed by atoms with van der Waals surface area (Å²) in [6.07, 6.45) is 1.37. The molecule has 1 aromatic rings. The van der Waals surface area contributed by atoms with Crippen LogP contribution in [0.3, 0.4) is 0 Å². The minimum atomic E-state index is -3.87. The standard InChI is InChI=1S/C14H20FNO4S/c1-2-20-12-4-3-7-16(9-12)21(18,19)14-6-5-11(10-17)8-13(14)15/h5-6,8,12,17H,2-4,7,9-10H2,1H3. The zero-order chi connectivity index (χ0) is 15.5. The van der Waals surface area contributed by atoms with E-state index in [2.05, 4.69) is 0 Å². The van der Waals surface area contributed by atoms with Crippen LogP contribution in [0.25, 0.3) is 0 Å². The van der Waals surface area contributed by atoms with Crippen LogP contribution in [0.15, 0.2) is 23.1 Å². The monoisotopic (exact) mass is 317 g/mol. The van der Waals surface area contributed by atoms with Crippen LogP contribution in [-0.4, -0.2) is 43.6 Å². The van der Waals surface area contributed by atoms with Gasteiger partial charge in [0.05, 0.1) is 12.7 Å². The molecule has 0 aromatic heterocycles. The molecule has 1 heterocycles. The summed E-state index contributed by atoms with van der Waals surface area (Å²) in [6.45, 7) is 2.68. The van der Waals surface area contributed by atoms with E-state index in [1.54, 1.807) is 0 Å². The molecule has 118 valence electrons. The number of aliphatic hydroxyl groups excluding tert-OH is 1. The van der Waals surface area contributed by atoms with Gasteiger partial charge in [0.1, 0.15) is 10.7 Å². The second kappa shape index (κ2) is 6.83. The van der Waals surface area contributed by atoms with Crippen molar-refractivity contribution in [1.29, 1.82) is 0 Å². The van der Waals surface area contributed by atoms with Gasteiger partial charge in [0.15, 0.2) is 0 Å². The molecule has 0 amide bonds. The lowest BCUT2D eigenvalue weighted by molar-refractivity contribution is 0.0264. The number of hydrogen-bond donors (Lipinski definition) is 1. The molecule has 0 aliphatic carbocycles. The molecule has 1 aromatic carbocycles. The molecule has 1 unspecified atom stereocenters. The van der Waals surface area contributed by atoms with Crippen LogP contribution in [0, 0.1) is 5.82 Å². The molecule has 1 aliphatic rings. The summed E-state index contributed by atoms with van der Waals surface area (Å²) in [5, 5.41) is 8.96. The average molecular weight is 317 g/mol. The molecular weight excluding hydrogens is 297 g/mol. The van der Waals surface area contributed by atoms with Crippen LogP contribution < -0.4 is 0 Å². The van der Waals surface area contributed by atoms with E-state index in [-0.39, 0.29) is 24.2 Å². The molecule has 1 N–H and O–H groups in total. The number of sulfonamides is 1. The molecule has 1 aliphatic heterocycles. The molecule has 21 heavy (non-hydrogen) atoms. The number of nitrogens with zero attached hydrogens (tertiary/aromatic N) is 1. The highest BCUT2D eigenvalue weighted by atomic mass is 32.2. The lowest BCUT2D eigenvalue weighted by Crippen LogP contribution is -2.43. The Kier molecular flexibility index (Phi) is 5.32. The minimum Gasteiger partial charge on any atom is -0.392 e. The zero-order valence-corrected chi connectivity index (χ0v) is 12.8. The Labute approximate surface area is 124 Å². The van der Waals surface area contributed by atoms with Gasteiger partial charge in [0.25, 0.3) is 0 Å². The molecule has 7 heteroatoms. The number of rotatable bonds is 5. The van der Waals surface area contributed by atoms with Gasteiger partial charge in [0.2, 0.25) is 10.0 Å². The molecular formula is C14H20FNO4S. The van der Waals surface area contributed by atoms with E-state index in [9.17, 15) is 12.8 Å². The van der Waals surface area contributed by atoms with Crippen molar-refractivity contribution in [2.75, 3.05) is 19.7 Å². The van der Waals surface area contributed by atoms with Crippen molar-refractivity contribution in [2.45, 2.75) is 37.4 Å². The number of halogens is 1. The van der Waals surface area contributed by atoms with Gasteiger partial charge in [-0.3, -0.25) is 0 Å². The van der Waals surface area contributed by atoms with Crippen LogP contribution in [0.1, 0.15) is 25.3 Å². The lowest BCUT2D eigenvalue weighted by atomic mass is 10.1. The van der Waals surface area contributed by atoms with Crippen molar-refractivity contribution < 1.29 is 22.7 Å². The molecule has 1 saturated heterocycles. The second-order valence-electron chi connectivity index (χ2n) is 5.01. The first-order chi connectivity index (χ1) is 9.98. The van der Waals surface area contributed by atoms with Crippen LogP contribution in [-0.2, 0) is 21.4 Å². The maximum absolute atomic E-state index is 14.0. The fourth-order valence-corrected chi connectivity index (χ4v) is 4.04. The Morgan fingerprint density at radius 2 is 2.24 bits per heavy atom. The molecule has 1 fully saturated rings. The van der Waals surface area contributed by atoms with Crippen LogP contribution >= 0.6 is 0 Å². The highest BCUT2D eigenvalue weighted by Crippen LogP contribution is 2.24. The van der Waals surface area contributed by atoms with E-state index in [0.29, 0.717) is 25.1 Å². The SMILES string of the molecule is CCOC1CCCN(S(=O)(=O)c2ccc(CO)cc2F)C1. The Bertz CT molecular complexity index is 589. The molecule has 1 atom stereocenters. The Hall–Kier alpha value is -1.02. The number of benzene rings is 1. The summed E-state index contributed by atoms with van der Waals surface area (Å²) < 4.78 is 45.8. The first-order valence-electron chi connectivity index (χ1n) is 7.00. The largest absolute Gasteiger partial charge is 0.392 e. The van der Waals surface area contributed by atoms with Crippen LogP contribution in [0.2, 0.25) is 0 Å². The Morgan fingerprint density at radius 3 is 2.86 bits per heavy atom. The number of aliphatic hydroxyl groups is 1. The molecule has 0 bridgehead atoms. The predicted molar refractivity (Wildman–Crippen MR) is 75.7 cm³/mol. The summed E-state index contributed by atoms with van der Waals surface area (Å²) in [5.74, 6) is -0.833. The van der Waals surface area contributed by atoms with Crippen molar-refractivity contribution in [3.05, 3.63) is 29.6 Å². The lowest BCUT2D eigenvalue weighted by Gasteiger charge is -2.31. The topological polar surface area (TPSA) is 66.8 Å². The van der Waals surface area contributed by atoms with Crippen LogP contribution in [0.5, 0.6) is 0 Å². The summed E-state index contributed by atoms with van der Waals surface area (Å²) in [5.41, 5.74) is 0.345.